The van der Waals surface area contributed by atoms with E-state index in [1.165, 1.54) is 11.8 Å². The van der Waals surface area contributed by atoms with Crippen molar-refractivity contribution in [1.29, 1.82) is 0 Å². The summed E-state index contributed by atoms with van der Waals surface area (Å²) >= 11 is 1.50. The first kappa shape index (κ1) is 21.3. The van der Waals surface area contributed by atoms with Gasteiger partial charge in [-0.25, -0.2) is 9.98 Å². The molecule has 1 aliphatic rings. The van der Waals surface area contributed by atoms with Gasteiger partial charge in [0.2, 0.25) is 0 Å². The van der Waals surface area contributed by atoms with Crippen LogP contribution in [0.4, 0.5) is 5.82 Å². The summed E-state index contributed by atoms with van der Waals surface area (Å²) in [5.74, 6) is -0.277. The second kappa shape index (κ2) is 8.95. The predicted octanol–water partition coefficient (Wildman–Crippen LogP) is 4.39. The minimum absolute atomic E-state index is 0.250. The highest BCUT2D eigenvalue weighted by Gasteiger charge is 2.41. The van der Waals surface area contributed by atoms with E-state index >= 15 is 0 Å². The van der Waals surface area contributed by atoms with Crippen molar-refractivity contribution in [3.8, 4) is 0 Å². The number of carbonyl (C=O) groups is 1. The summed E-state index contributed by atoms with van der Waals surface area (Å²) in [6.45, 7) is 9.50. The van der Waals surface area contributed by atoms with Crippen LogP contribution in [0.5, 0.6) is 0 Å². The van der Waals surface area contributed by atoms with Crippen molar-refractivity contribution in [2.75, 3.05) is 5.75 Å². The third-order valence-corrected chi connectivity index (χ3v) is 5.85. The number of hydrogen-bond acceptors (Lipinski definition) is 6. The van der Waals surface area contributed by atoms with Crippen molar-refractivity contribution in [1.82, 2.24) is 9.97 Å². The Hall–Kier alpha value is -2.41. The third kappa shape index (κ3) is 4.61. The van der Waals surface area contributed by atoms with E-state index in [2.05, 4.69) is 21.9 Å². The molecule has 29 heavy (non-hydrogen) atoms. The zero-order valence-corrected chi connectivity index (χ0v) is 18.3. The summed E-state index contributed by atoms with van der Waals surface area (Å²) < 4.78 is 5.51. The molecule has 2 heterocycles. The SMILES string of the molecule is CCCSc1nc2c(c(=O)[nH]1)C(c1ccc(C)cc1)C(C(=O)OC(C)C)C(C)=N2. The van der Waals surface area contributed by atoms with Crippen molar-refractivity contribution in [3.05, 3.63) is 51.3 Å². The van der Waals surface area contributed by atoms with Gasteiger partial charge < -0.3 is 9.72 Å². The normalized spacial score (nSPS) is 18.3. The minimum atomic E-state index is -0.662. The standard InChI is InChI=1S/C22H27N3O3S/c1-6-11-29-22-24-19-18(20(26)25-22)17(15-9-7-13(4)8-10-15)16(14(5)23-19)21(27)28-12(2)3/h7-10,12,16-17H,6,11H2,1-5H3,(H,24,25,26). The number of aromatic nitrogens is 2. The van der Waals surface area contributed by atoms with Gasteiger partial charge in [-0.1, -0.05) is 48.5 Å². The molecule has 0 radical (unpaired) electrons. The summed E-state index contributed by atoms with van der Waals surface area (Å²) in [6, 6.07) is 7.87. The number of fused-ring (bicyclic) bond motifs is 1. The van der Waals surface area contributed by atoms with E-state index in [4.69, 9.17) is 4.74 Å². The van der Waals surface area contributed by atoms with E-state index in [1.807, 2.05) is 45.0 Å². The van der Waals surface area contributed by atoms with Gasteiger partial charge in [0.05, 0.1) is 11.7 Å². The predicted molar refractivity (Wildman–Crippen MR) is 116 cm³/mol. The van der Waals surface area contributed by atoms with E-state index in [-0.39, 0.29) is 17.6 Å². The number of benzene rings is 1. The number of nitrogens with zero attached hydrogens (tertiary/aromatic N) is 2. The van der Waals surface area contributed by atoms with Crippen LogP contribution in [0.3, 0.4) is 0 Å². The summed E-state index contributed by atoms with van der Waals surface area (Å²) in [7, 11) is 0. The van der Waals surface area contributed by atoms with E-state index in [1.54, 1.807) is 6.92 Å². The average molecular weight is 414 g/mol. The molecule has 0 saturated heterocycles. The van der Waals surface area contributed by atoms with Crippen molar-refractivity contribution < 1.29 is 9.53 Å². The Labute approximate surface area is 175 Å². The topological polar surface area (TPSA) is 84.4 Å². The molecule has 2 atom stereocenters. The van der Waals surface area contributed by atoms with Gasteiger partial charge in [0.1, 0.15) is 5.92 Å². The number of nitrogens with one attached hydrogen (secondary N) is 1. The molecule has 0 amide bonds. The Balaban J connectivity index is 2.16. The fourth-order valence-corrected chi connectivity index (χ4v) is 4.19. The van der Waals surface area contributed by atoms with E-state index in [0.29, 0.717) is 22.2 Å². The minimum Gasteiger partial charge on any atom is -0.462 e. The smallest absolute Gasteiger partial charge is 0.315 e. The van der Waals surface area contributed by atoms with Gasteiger partial charge in [-0.3, -0.25) is 9.59 Å². The van der Waals surface area contributed by atoms with Crippen molar-refractivity contribution in [2.24, 2.45) is 10.9 Å². The summed E-state index contributed by atoms with van der Waals surface area (Å²) in [6.07, 6.45) is 0.725. The average Bonchev–Trinajstić information content (AvgIpc) is 2.65. The molecule has 1 aromatic carbocycles. The summed E-state index contributed by atoms with van der Waals surface area (Å²) in [5.41, 5.74) is 2.76. The molecule has 2 unspecified atom stereocenters. The lowest BCUT2D eigenvalue weighted by Crippen LogP contribution is -2.37. The second-order valence-electron chi connectivity index (χ2n) is 7.56. The van der Waals surface area contributed by atoms with Crippen LogP contribution in [0.2, 0.25) is 0 Å². The Morgan fingerprint density at radius 1 is 1.24 bits per heavy atom. The highest BCUT2D eigenvalue weighted by molar-refractivity contribution is 7.99. The number of thioether (sulfide) groups is 1. The Bertz CT molecular complexity index is 980. The monoisotopic (exact) mass is 413 g/mol. The number of rotatable bonds is 6. The van der Waals surface area contributed by atoms with E-state index < -0.39 is 11.8 Å². The number of aryl methyl sites for hydroxylation is 1. The molecular formula is C22H27N3O3S. The number of carbonyl (C=O) groups excluding carboxylic acids is 1. The molecule has 0 saturated carbocycles. The van der Waals surface area contributed by atoms with Crippen LogP contribution in [0.1, 0.15) is 56.7 Å². The van der Waals surface area contributed by atoms with E-state index in [0.717, 1.165) is 23.3 Å². The molecule has 1 aliphatic heterocycles. The highest BCUT2D eigenvalue weighted by Crippen LogP contribution is 2.40. The van der Waals surface area contributed by atoms with Crippen molar-refractivity contribution in [3.63, 3.8) is 0 Å². The third-order valence-electron chi connectivity index (χ3n) is 4.78. The lowest BCUT2D eigenvalue weighted by atomic mass is 9.77. The number of aromatic amines is 1. The Morgan fingerprint density at radius 2 is 1.93 bits per heavy atom. The highest BCUT2D eigenvalue weighted by atomic mass is 32.2. The fourth-order valence-electron chi connectivity index (χ4n) is 3.47. The Morgan fingerprint density at radius 3 is 2.55 bits per heavy atom. The molecule has 0 spiro atoms. The number of hydrogen-bond donors (Lipinski definition) is 1. The first-order chi connectivity index (χ1) is 13.8. The lowest BCUT2D eigenvalue weighted by molar-refractivity contribution is -0.150. The van der Waals surface area contributed by atoms with Crippen LogP contribution in [0.25, 0.3) is 0 Å². The van der Waals surface area contributed by atoms with Crippen molar-refractivity contribution >= 4 is 29.3 Å². The lowest BCUT2D eigenvalue weighted by Gasteiger charge is -2.30. The molecule has 0 bridgehead atoms. The van der Waals surface area contributed by atoms with Crippen LogP contribution in [0.15, 0.2) is 39.2 Å². The summed E-state index contributed by atoms with van der Waals surface area (Å²) in [4.78, 5) is 38.0. The maximum Gasteiger partial charge on any atom is 0.315 e. The Kier molecular flexibility index (Phi) is 6.57. The molecule has 1 aromatic heterocycles. The van der Waals surface area contributed by atoms with E-state index in [9.17, 15) is 9.59 Å². The van der Waals surface area contributed by atoms with Crippen LogP contribution >= 0.6 is 11.8 Å². The number of ether oxygens (including phenoxy) is 1. The van der Waals surface area contributed by atoms with Crippen LogP contribution in [-0.4, -0.2) is 33.5 Å². The molecule has 0 aliphatic carbocycles. The van der Waals surface area contributed by atoms with Gasteiger partial charge in [-0.15, -0.1) is 0 Å². The molecule has 6 nitrogen and oxygen atoms in total. The van der Waals surface area contributed by atoms with Gasteiger partial charge >= 0.3 is 5.97 Å². The largest absolute Gasteiger partial charge is 0.462 e. The number of esters is 1. The van der Waals surface area contributed by atoms with Crippen molar-refractivity contribution in [2.45, 2.75) is 58.2 Å². The van der Waals surface area contributed by atoms with Crippen LogP contribution < -0.4 is 5.56 Å². The van der Waals surface area contributed by atoms with Gasteiger partial charge in [-0.2, -0.15) is 0 Å². The first-order valence-corrected chi connectivity index (χ1v) is 10.9. The number of H-pyrrole nitrogens is 1. The molecule has 2 aromatic rings. The molecule has 1 N–H and O–H groups in total. The van der Waals surface area contributed by atoms with Crippen LogP contribution in [-0.2, 0) is 9.53 Å². The molecular weight excluding hydrogens is 386 g/mol. The maximum absolute atomic E-state index is 13.1. The molecule has 7 heteroatoms. The van der Waals surface area contributed by atoms with Gasteiger partial charge in [0.15, 0.2) is 11.0 Å². The zero-order valence-electron chi connectivity index (χ0n) is 17.5. The van der Waals surface area contributed by atoms with Crippen LogP contribution in [0, 0.1) is 12.8 Å². The molecule has 3 rings (SSSR count). The van der Waals surface area contributed by atoms with Gasteiger partial charge in [-0.05, 0) is 39.7 Å². The first-order valence-electron chi connectivity index (χ1n) is 9.91. The molecule has 154 valence electrons. The van der Waals surface area contributed by atoms with Gasteiger partial charge in [0, 0.05) is 17.4 Å². The quantitative estimate of drug-likeness (QED) is 0.431. The second-order valence-corrected chi connectivity index (χ2v) is 8.65. The maximum atomic E-state index is 13.1. The summed E-state index contributed by atoms with van der Waals surface area (Å²) in [5, 5.41) is 0.554. The number of aliphatic imine (C=N–C) groups is 1. The van der Waals surface area contributed by atoms with Gasteiger partial charge in [0.25, 0.3) is 5.56 Å². The zero-order chi connectivity index (χ0) is 21.1. The fraction of sp³-hybridized carbons (Fsp3) is 0.455. The molecule has 0 fully saturated rings.